The van der Waals surface area contributed by atoms with E-state index >= 15 is 0 Å². The molecule has 0 aromatic heterocycles. The van der Waals surface area contributed by atoms with E-state index < -0.39 is 5.97 Å². The van der Waals surface area contributed by atoms with Crippen molar-refractivity contribution in [3.05, 3.63) is 0 Å². The Morgan fingerprint density at radius 1 is 1.50 bits per heavy atom. The molecule has 0 atom stereocenters. The van der Waals surface area contributed by atoms with Crippen LogP contribution >= 0.6 is 12.6 Å². The number of rotatable bonds is 2. The van der Waals surface area contributed by atoms with Gasteiger partial charge in [-0.25, -0.2) is 0 Å². The Balaban J connectivity index is -0.0000000140. The van der Waals surface area contributed by atoms with Crippen molar-refractivity contribution in [2.75, 3.05) is 12.9 Å². The normalized spacial score (nSPS) is 5.50. The molecule has 0 aromatic carbocycles. The Bertz CT molecular complexity index is 70.3. The Labute approximate surface area is 114 Å². The molecule has 3 nitrogen and oxygen atoms in total. The molecule has 0 unspecified atom stereocenters. The van der Waals surface area contributed by atoms with Gasteiger partial charge in [0, 0.05) is 12.9 Å². The monoisotopic (exact) mass is 186 g/mol. The van der Waals surface area contributed by atoms with E-state index in [9.17, 15) is 4.79 Å². The molecule has 6 heteroatoms. The second-order valence-electron chi connectivity index (χ2n) is 0.867. The summed E-state index contributed by atoms with van der Waals surface area (Å²) >= 11 is 3.68. The predicted octanol–water partition coefficient (Wildman–Crippen LogP) is -5.77. The molecule has 54 valence electrons. The molecule has 0 saturated heterocycles. The Hall–Kier alpha value is 1.78. The molecule has 0 amide bonds. The Morgan fingerprint density at radius 3 is 1.80 bits per heavy atom. The molecule has 0 rings (SSSR count). The summed E-state index contributed by atoms with van der Waals surface area (Å²) in [4.78, 5) is 9.55. The third kappa shape index (κ3) is 33.0. The largest absolute Gasteiger partial charge is 1.00 e. The first-order valence-electron chi connectivity index (χ1n) is 2.04. The number of thiol groups is 1. The van der Waals surface area contributed by atoms with Crippen LogP contribution in [-0.4, -0.2) is 29.0 Å². The summed E-state index contributed by atoms with van der Waals surface area (Å²) in [6.45, 7) is 0. The molecule has 0 aliphatic carbocycles. The van der Waals surface area contributed by atoms with Gasteiger partial charge >= 0.3 is 65.1 Å². The first kappa shape index (κ1) is 22.6. The fourth-order valence-electron chi connectivity index (χ4n) is 0.0956. The van der Waals surface area contributed by atoms with Gasteiger partial charge in [0.1, 0.15) is 0 Å². The van der Waals surface area contributed by atoms with E-state index in [-0.39, 0.29) is 68.4 Å². The molecule has 0 spiro atoms. The average molecular weight is 186 g/mol. The first-order valence-corrected chi connectivity index (χ1v) is 2.68. The minimum atomic E-state index is -0.787. The maximum atomic E-state index is 9.55. The van der Waals surface area contributed by atoms with Crippen LogP contribution < -0.4 is 59.1 Å². The minimum absolute atomic E-state index is 0. The SMILES string of the molecule is CO.O=C(O)CCS.[H-].[H-].[Na+].[Na+]. The summed E-state index contributed by atoms with van der Waals surface area (Å²) in [5.74, 6) is -0.361. The van der Waals surface area contributed by atoms with Gasteiger partial charge < -0.3 is 13.1 Å². The fraction of sp³-hybridized carbons (Fsp3) is 0.750. The van der Waals surface area contributed by atoms with Crippen molar-refractivity contribution in [2.45, 2.75) is 6.42 Å². The Morgan fingerprint density at radius 2 is 1.80 bits per heavy atom. The minimum Gasteiger partial charge on any atom is -1.00 e. The number of aliphatic hydroxyl groups excluding tert-OH is 1. The second-order valence-corrected chi connectivity index (χ2v) is 1.31. The van der Waals surface area contributed by atoms with Gasteiger partial charge in [0.2, 0.25) is 0 Å². The zero-order chi connectivity index (χ0) is 6.99. The smallest absolute Gasteiger partial charge is 1.00 e. The van der Waals surface area contributed by atoms with Crippen LogP contribution in [-0.2, 0) is 4.79 Å². The maximum absolute atomic E-state index is 9.55. The Kier molecular flexibility index (Phi) is 50.7. The summed E-state index contributed by atoms with van der Waals surface area (Å²) in [6.07, 6.45) is 0.156. The summed E-state index contributed by atoms with van der Waals surface area (Å²) in [6, 6.07) is 0. The molecule has 2 N–H and O–H groups in total. The summed E-state index contributed by atoms with van der Waals surface area (Å²) in [7, 11) is 1.00. The second kappa shape index (κ2) is 22.4. The average Bonchev–Trinajstić information content (AvgIpc) is 1.72. The predicted molar refractivity (Wildman–Crippen MR) is 36.5 cm³/mol. The topological polar surface area (TPSA) is 57.5 Å². The fourth-order valence-corrected chi connectivity index (χ4v) is 0.287. The van der Waals surface area contributed by atoms with Crippen LogP contribution in [0.15, 0.2) is 0 Å². The maximum Gasteiger partial charge on any atom is 1.00 e. The van der Waals surface area contributed by atoms with E-state index in [1.807, 2.05) is 0 Å². The molecular formula is C4H12Na2O3S. The van der Waals surface area contributed by atoms with Gasteiger partial charge in [-0.3, -0.25) is 4.79 Å². The van der Waals surface area contributed by atoms with Crippen molar-refractivity contribution in [1.82, 2.24) is 0 Å². The third-order valence-corrected chi connectivity index (χ3v) is 0.549. The van der Waals surface area contributed by atoms with Crippen LogP contribution in [0.3, 0.4) is 0 Å². The van der Waals surface area contributed by atoms with Crippen molar-refractivity contribution in [3.63, 3.8) is 0 Å². The molecule has 0 aromatic rings. The van der Waals surface area contributed by atoms with Crippen LogP contribution in [0.25, 0.3) is 0 Å². The molecule has 0 heterocycles. The van der Waals surface area contributed by atoms with E-state index in [2.05, 4.69) is 12.6 Å². The molecule has 0 aliphatic heterocycles. The summed E-state index contributed by atoms with van der Waals surface area (Å²) in [5, 5.41) is 14.9. The van der Waals surface area contributed by atoms with Crippen molar-refractivity contribution in [3.8, 4) is 0 Å². The third-order valence-electron chi connectivity index (χ3n) is 0.326. The van der Waals surface area contributed by atoms with E-state index in [1.165, 1.54) is 0 Å². The van der Waals surface area contributed by atoms with Gasteiger partial charge in [-0.2, -0.15) is 12.6 Å². The number of carboxylic acid groups (broad SMARTS) is 1. The van der Waals surface area contributed by atoms with Gasteiger partial charge in [0.15, 0.2) is 0 Å². The van der Waals surface area contributed by atoms with Gasteiger partial charge in [-0.1, -0.05) is 0 Å². The number of aliphatic hydroxyl groups is 1. The van der Waals surface area contributed by atoms with Crippen molar-refractivity contribution < 1.29 is 77.0 Å². The number of carbonyl (C=O) groups is 1. The number of hydrogen-bond acceptors (Lipinski definition) is 3. The molecule has 0 bridgehead atoms. The molecule has 10 heavy (non-hydrogen) atoms. The van der Waals surface area contributed by atoms with E-state index in [0.29, 0.717) is 5.75 Å². The van der Waals surface area contributed by atoms with E-state index in [1.54, 1.807) is 0 Å². The molecule has 0 fully saturated rings. The standard InChI is InChI=1S/C3H6O2S.CH4O.2Na.2H/c4-3(5)1-2-6;1-2;;;;/h6H,1-2H2,(H,4,5);2H,1H3;;;;/q;;2*+1;2*-1. The molecular weight excluding hydrogens is 174 g/mol. The first-order chi connectivity index (χ1) is 3.77. The zero-order valence-corrected chi connectivity index (χ0v) is 11.6. The van der Waals surface area contributed by atoms with Gasteiger partial charge in [-0.05, 0) is 0 Å². The van der Waals surface area contributed by atoms with Crippen molar-refractivity contribution >= 4 is 18.6 Å². The van der Waals surface area contributed by atoms with Crippen molar-refractivity contribution in [2.24, 2.45) is 0 Å². The van der Waals surface area contributed by atoms with E-state index in [4.69, 9.17) is 10.2 Å². The van der Waals surface area contributed by atoms with Crippen LogP contribution in [0.4, 0.5) is 0 Å². The molecule has 0 saturated carbocycles. The van der Waals surface area contributed by atoms with Crippen molar-refractivity contribution in [1.29, 1.82) is 0 Å². The molecule has 0 aliphatic rings. The number of carboxylic acids is 1. The van der Waals surface area contributed by atoms with Gasteiger partial charge in [-0.15, -0.1) is 0 Å². The zero-order valence-electron chi connectivity index (χ0n) is 8.66. The van der Waals surface area contributed by atoms with Crippen LogP contribution in [0.2, 0.25) is 0 Å². The van der Waals surface area contributed by atoms with Gasteiger partial charge in [0.05, 0.1) is 6.42 Å². The number of aliphatic carboxylic acids is 1. The van der Waals surface area contributed by atoms with Crippen LogP contribution in [0.5, 0.6) is 0 Å². The summed E-state index contributed by atoms with van der Waals surface area (Å²) < 4.78 is 0. The quantitative estimate of drug-likeness (QED) is 0.297. The molecule has 0 radical (unpaired) electrons. The van der Waals surface area contributed by atoms with Gasteiger partial charge in [0.25, 0.3) is 0 Å². The van der Waals surface area contributed by atoms with Crippen LogP contribution in [0, 0.1) is 0 Å². The summed E-state index contributed by atoms with van der Waals surface area (Å²) in [5.41, 5.74) is 0. The number of hydrogen-bond donors (Lipinski definition) is 3. The van der Waals surface area contributed by atoms with E-state index in [0.717, 1.165) is 7.11 Å². The van der Waals surface area contributed by atoms with Crippen LogP contribution in [0.1, 0.15) is 9.27 Å².